The summed E-state index contributed by atoms with van der Waals surface area (Å²) in [4.78, 5) is 99.1. The van der Waals surface area contributed by atoms with E-state index >= 15 is 0 Å². The molecule has 0 unspecified atom stereocenters. The molecular formula is C61H50O17. The Morgan fingerprint density at radius 3 is 0.923 bits per heavy atom. The average molecular weight is 1060 g/mol. The van der Waals surface area contributed by atoms with Gasteiger partial charge in [-0.25, -0.2) is 33.6 Å². The monoisotopic (exact) mass is 1050 g/mol. The molecule has 0 N–H and O–H groups in total. The summed E-state index contributed by atoms with van der Waals surface area (Å²) in [6.45, 7) is 0.766. The zero-order valence-electron chi connectivity index (χ0n) is 41.6. The Morgan fingerprint density at radius 2 is 0.577 bits per heavy atom. The lowest BCUT2D eigenvalue weighted by Crippen LogP contribution is -2.67. The van der Waals surface area contributed by atoms with Gasteiger partial charge in [0, 0.05) is 0 Å². The summed E-state index contributed by atoms with van der Waals surface area (Å²) < 4.78 is 62.9. The summed E-state index contributed by atoms with van der Waals surface area (Å²) in [7, 11) is 0. The van der Waals surface area contributed by atoms with Crippen LogP contribution in [-0.2, 0) is 47.4 Å². The van der Waals surface area contributed by atoms with Gasteiger partial charge in [-0.3, -0.25) is 0 Å². The van der Waals surface area contributed by atoms with Gasteiger partial charge in [0.2, 0.25) is 12.4 Å². The zero-order valence-corrected chi connectivity index (χ0v) is 41.6. The van der Waals surface area contributed by atoms with Crippen LogP contribution in [0.2, 0.25) is 0 Å². The van der Waals surface area contributed by atoms with Crippen molar-refractivity contribution >= 4 is 41.8 Å². The molecule has 2 fully saturated rings. The van der Waals surface area contributed by atoms with E-state index in [2.05, 4.69) is 0 Å². The molecule has 0 amide bonds. The normalized spacial score (nSPS) is 22.5. The number of carbonyl (C=O) groups is 7. The number of hydrogen-bond donors (Lipinski definition) is 0. The maximum Gasteiger partial charge on any atom is 0.340 e. The highest BCUT2D eigenvalue weighted by Gasteiger charge is 2.58. The number of carbonyl (C=O) groups excluding carboxylic acids is 7. The first kappa shape index (κ1) is 53.5. The number of hydrogen-bond acceptors (Lipinski definition) is 17. The first-order chi connectivity index (χ1) is 38.0. The molecule has 9 rings (SSSR count). The topological polar surface area (TPSA) is 212 Å². The molecule has 0 aliphatic carbocycles. The van der Waals surface area contributed by atoms with Gasteiger partial charge in [0.1, 0.15) is 18.8 Å². The molecule has 2 aliphatic heterocycles. The minimum Gasteiger partial charge on any atom is -0.459 e. The quantitative estimate of drug-likeness (QED) is 0.0616. The van der Waals surface area contributed by atoms with Crippen molar-refractivity contribution in [2.24, 2.45) is 0 Å². The van der Waals surface area contributed by atoms with Crippen LogP contribution < -0.4 is 0 Å². The molecule has 17 nitrogen and oxygen atoms in total. The van der Waals surface area contributed by atoms with Crippen molar-refractivity contribution in [3.05, 3.63) is 251 Å². The van der Waals surface area contributed by atoms with Gasteiger partial charge in [-0.1, -0.05) is 127 Å². The van der Waals surface area contributed by atoms with Crippen molar-refractivity contribution in [3.63, 3.8) is 0 Å². The predicted octanol–water partition coefficient (Wildman–Crippen LogP) is 8.68. The molecule has 17 heteroatoms. The van der Waals surface area contributed by atoms with E-state index in [4.69, 9.17) is 47.4 Å². The van der Waals surface area contributed by atoms with Gasteiger partial charge in [0.25, 0.3) is 0 Å². The number of benzene rings is 7. The van der Waals surface area contributed by atoms with E-state index in [0.717, 1.165) is 0 Å². The predicted molar refractivity (Wildman–Crippen MR) is 275 cm³/mol. The van der Waals surface area contributed by atoms with Crippen molar-refractivity contribution in [2.45, 2.75) is 68.3 Å². The van der Waals surface area contributed by atoms with Gasteiger partial charge in [0.15, 0.2) is 30.7 Å². The fourth-order valence-corrected chi connectivity index (χ4v) is 8.58. The van der Waals surface area contributed by atoms with Crippen LogP contribution in [0, 0.1) is 0 Å². The summed E-state index contributed by atoms with van der Waals surface area (Å²) in [5.41, 5.74) is 0.491. The standard InChI is InChI=1S/C61H50O17/c1-38-47(72-54(63)40-25-11-3-12-26-40)49(73-55(64)41-27-13-4-14-28-41)51(75-57(66)43-31-17-6-18-32-43)60(70-38)77-48-46(37-69-53(62)39-23-9-2-10-24-39)71-61(78-59(68)45-35-21-8-22-36-45)52(76-58(67)44-33-19-7-20-34-44)50(48)74-56(65)42-29-15-5-16-30-42/h2-36,38,46-52,60-61H,37H2,1H3/t38-,46-,47-,48-,49+,50+,51-,52+,60+,61+/m0/s1. The lowest BCUT2D eigenvalue weighted by molar-refractivity contribution is -0.348. The van der Waals surface area contributed by atoms with E-state index < -0.39 is 110 Å². The van der Waals surface area contributed by atoms with Crippen LogP contribution >= 0.6 is 0 Å². The molecule has 0 aromatic heterocycles. The van der Waals surface area contributed by atoms with Crippen LogP contribution in [0.1, 0.15) is 79.4 Å². The van der Waals surface area contributed by atoms with Gasteiger partial charge in [-0.15, -0.1) is 0 Å². The zero-order chi connectivity index (χ0) is 54.4. The van der Waals surface area contributed by atoms with E-state index in [1.54, 1.807) is 127 Å². The average Bonchev–Trinajstić information content (AvgIpc) is 3.59. The van der Waals surface area contributed by atoms with Crippen molar-refractivity contribution < 1.29 is 80.9 Å². The van der Waals surface area contributed by atoms with Crippen LogP contribution in [0.15, 0.2) is 212 Å². The summed E-state index contributed by atoms with van der Waals surface area (Å²) in [6, 6.07) is 54.9. The third-order valence-corrected chi connectivity index (χ3v) is 12.5. The van der Waals surface area contributed by atoms with E-state index in [9.17, 15) is 33.6 Å². The van der Waals surface area contributed by atoms with E-state index in [-0.39, 0.29) is 38.9 Å². The SMILES string of the molecule is C[C@@H]1O[C@H](O[C@@H]2[C@@H](OC(=O)c3ccccc3)[C@@H](OC(=O)c3ccccc3)[C@@H](OC(=O)c3ccccc3)O[C@H]2COC(=O)c2ccccc2)[C@@H](OC(=O)c2ccccc2)[C@H](OC(=O)c2ccccc2)[C@H]1OC(=O)c1ccccc1. The molecule has 78 heavy (non-hydrogen) atoms. The van der Waals surface area contributed by atoms with Crippen LogP contribution in [0.3, 0.4) is 0 Å². The van der Waals surface area contributed by atoms with Crippen LogP contribution in [0.5, 0.6) is 0 Å². The lowest BCUT2D eigenvalue weighted by atomic mass is 9.96. The summed E-state index contributed by atoms with van der Waals surface area (Å²) >= 11 is 0. The lowest BCUT2D eigenvalue weighted by Gasteiger charge is -2.48. The molecular weight excluding hydrogens is 1000 g/mol. The summed E-state index contributed by atoms with van der Waals surface area (Å²) in [5.74, 6) is -6.50. The molecule has 0 saturated carbocycles. The Kier molecular flexibility index (Phi) is 17.5. The molecule has 0 bridgehead atoms. The molecule has 2 saturated heterocycles. The molecule has 0 spiro atoms. The Morgan fingerprint density at radius 1 is 0.308 bits per heavy atom. The van der Waals surface area contributed by atoms with E-state index in [1.807, 2.05) is 0 Å². The van der Waals surface area contributed by atoms with Crippen LogP contribution in [-0.4, -0.2) is 110 Å². The third-order valence-electron chi connectivity index (χ3n) is 12.5. The van der Waals surface area contributed by atoms with Gasteiger partial charge < -0.3 is 47.4 Å². The Balaban J connectivity index is 1.18. The summed E-state index contributed by atoms with van der Waals surface area (Å²) in [5, 5.41) is 0. The van der Waals surface area contributed by atoms with Crippen molar-refractivity contribution in [2.75, 3.05) is 6.61 Å². The second-order valence-corrected chi connectivity index (χ2v) is 17.8. The number of esters is 7. The molecule has 7 aromatic carbocycles. The Hall–Kier alpha value is -9.29. The number of ether oxygens (including phenoxy) is 10. The third kappa shape index (κ3) is 13.2. The van der Waals surface area contributed by atoms with Crippen LogP contribution in [0.25, 0.3) is 0 Å². The van der Waals surface area contributed by atoms with Crippen molar-refractivity contribution in [1.82, 2.24) is 0 Å². The molecule has 0 radical (unpaired) electrons. The number of rotatable bonds is 17. The van der Waals surface area contributed by atoms with E-state index in [0.29, 0.717) is 0 Å². The molecule has 2 heterocycles. The Labute approximate surface area is 447 Å². The highest BCUT2D eigenvalue weighted by Crippen LogP contribution is 2.37. The van der Waals surface area contributed by atoms with Gasteiger partial charge in [-0.2, -0.15) is 0 Å². The molecule has 10 atom stereocenters. The van der Waals surface area contributed by atoms with Crippen LogP contribution in [0.4, 0.5) is 0 Å². The minimum atomic E-state index is -1.93. The fraction of sp³-hybridized carbons (Fsp3) is 0.197. The highest BCUT2D eigenvalue weighted by atomic mass is 16.8. The largest absolute Gasteiger partial charge is 0.459 e. The summed E-state index contributed by atoms with van der Waals surface area (Å²) in [6.07, 6.45) is -17.5. The first-order valence-corrected chi connectivity index (χ1v) is 24.8. The maximum atomic E-state index is 14.5. The maximum absolute atomic E-state index is 14.5. The van der Waals surface area contributed by atoms with Gasteiger partial charge in [-0.05, 0) is 91.9 Å². The van der Waals surface area contributed by atoms with Gasteiger partial charge in [0.05, 0.1) is 45.0 Å². The highest BCUT2D eigenvalue weighted by molar-refractivity contribution is 5.93. The first-order valence-electron chi connectivity index (χ1n) is 24.8. The molecule has 396 valence electrons. The molecule has 2 aliphatic rings. The molecule has 7 aromatic rings. The van der Waals surface area contributed by atoms with Gasteiger partial charge >= 0.3 is 41.8 Å². The minimum absolute atomic E-state index is 0.0222. The Bertz CT molecular complexity index is 3150. The van der Waals surface area contributed by atoms with Crippen molar-refractivity contribution in [1.29, 1.82) is 0 Å². The fourth-order valence-electron chi connectivity index (χ4n) is 8.58. The van der Waals surface area contributed by atoms with E-state index in [1.165, 1.54) is 91.9 Å². The second-order valence-electron chi connectivity index (χ2n) is 17.8. The smallest absolute Gasteiger partial charge is 0.340 e. The second kappa shape index (κ2) is 25.5. The van der Waals surface area contributed by atoms with Crippen molar-refractivity contribution in [3.8, 4) is 0 Å².